The van der Waals surface area contributed by atoms with Crippen molar-refractivity contribution >= 4 is 27.5 Å². The van der Waals surface area contributed by atoms with Gasteiger partial charge in [-0.3, -0.25) is 0 Å². The summed E-state index contributed by atoms with van der Waals surface area (Å²) >= 11 is 1.38. The Morgan fingerprint density at radius 2 is 2.00 bits per heavy atom. The normalized spacial score (nSPS) is 11.7. The van der Waals surface area contributed by atoms with Crippen LogP contribution in [0.15, 0.2) is 49.6 Å². The van der Waals surface area contributed by atoms with Crippen LogP contribution in [-0.4, -0.2) is 15.5 Å². The lowest BCUT2D eigenvalue weighted by atomic mass is 10.3. The van der Waals surface area contributed by atoms with Crippen molar-refractivity contribution in [3.63, 3.8) is 0 Å². The highest BCUT2D eigenvalue weighted by atomic mass is 32.2. The van der Waals surface area contributed by atoms with Crippen molar-refractivity contribution in [2.24, 2.45) is 0 Å². The van der Waals surface area contributed by atoms with Gasteiger partial charge in [0.1, 0.15) is 5.76 Å². The van der Waals surface area contributed by atoms with E-state index in [0.717, 1.165) is 10.7 Å². The summed E-state index contributed by atoms with van der Waals surface area (Å²) in [5, 5.41) is 0. The zero-order valence-electron chi connectivity index (χ0n) is 10.5. The van der Waals surface area contributed by atoms with Crippen molar-refractivity contribution < 1.29 is 12.8 Å². The minimum absolute atomic E-state index is 0.188. The second-order valence-corrected chi connectivity index (χ2v) is 6.82. The van der Waals surface area contributed by atoms with Crippen molar-refractivity contribution in [1.29, 1.82) is 0 Å². The van der Waals surface area contributed by atoms with Crippen LogP contribution in [0.2, 0.25) is 0 Å². The smallest absolute Gasteiger partial charge is 0.240 e. The molecule has 0 saturated carbocycles. The third kappa shape index (κ3) is 2.94. The van der Waals surface area contributed by atoms with Gasteiger partial charge in [0.25, 0.3) is 0 Å². The molecular formula is C12H14N2O3S2. The van der Waals surface area contributed by atoms with Crippen molar-refractivity contribution in [3.05, 3.63) is 36.3 Å². The molecule has 19 heavy (non-hydrogen) atoms. The SMILES string of the molecule is CNS(=O)(=O)c1ccc(N)c(Sc2ccoc2C)c1. The second kappa shape index (κ2) is 5.28. The lowest BCUT2D eigenvalue weighted by molar-refractivity contribution is 0.527. The van der Waals surface area contributed by atoms with E-state index in [1.54, 1.807) is 18.4 Å². The number of anilines is 1. The molecule has 0 aliphatic carbocycles. The summed E-state index contributed by atoms with van der Waals surface area (Å²) < 4.78 is 31.0. The summed E-state index contributed by atoms with van der Waals surface area (Å²) in [5.41, 5.74) is 6.40. The number of hydrogen-bond donors (Lipinski definition) is 2. The van der Waals surface area contributed by atoms with Gasteiger partial charge in [0.05, 0.1) is 16.1 Å². The number of nitrogen functional groups attached to an aromatic ring is 1. The Kier molecular flexibility index (Phi) is 3.88. The average molecular weight is 298 g/mol. The summed E-state index contributed by atoms with van der Waals surface area (Å²) in [6.07, 6.45) is 1.59. The number of aryl methyl sites for hydroxylation is 1. The molecule has 7 heteroatoms. The molecule has 0 spiro atoms. The quantitative estimate of drug-likeness (QED) is 0.845. The van der Waals surface area contributed by atoms with E-state index in [0.29, 0.717) is 10.6 Å². The monoisotopic (exact) mass is 298 g/mol. The number of rotatable bonds is 4. The predicted molar refractivity (Wildman–Crippen MR) is 74.7 cm³/mol. The Balaban J connectivity index is 2.41. The van der Waals surface area contributed by atoms with Gasteiger partial charge in [-0.2, -0.15) is 0 Å². The van der Waals surface area contributed by atoms with E-state index >= 15 is 0 Å². The van der Waals surface area contributed by atoms with Crippen molar-refractivity contribution in [2.45, 2.75) is 21.6 Å². The molecule has 0 atom stereocenters. The molecule has 0 saturated heterocycles. The van der Waals surface area contributed by atoms with Crippen molar-refractivity contribution in [1.82, 2.24) is 4.72 Å². The highest BCUT2D eigenvalue weighted by Crippen LogP contribution is 2.35. The lowest BCUT2D eigenvalue weighted by Crippen LogP contribution is -2.18. The first-order chi connectivity index (χ1) is 8.94. The van der Waals surface area contributed by atoms with Crippen molar-refractivity contribution in [3.8, 4) is 0 Å². The Hall–Kier alpha value is -1.44. The van der Waals surface area contributed by atoms with Crippen LogP contribution in [0, 0.1) is 6.92 Å². The molecule has 1 aromatic carbocycles. The highest BCUT2D eigenvalue weighted by Gasteiger charge is 2.14. The second-order valence-electron chi connectivity index (χ2n) is 3.85. The first kappa shape index (κ1) is 14.0. The van der Waals surface area contributed by atoms with E-state index in [4.69, 9.17) is 10.2 Å². The first-order valence-electron chi connectivity index (χ1n) is 5.49. The molecule has 0 fully saturated rings. The topological polar surface area (TPSA) is 85.3 Å². The number of hydrogen-bond acceptors (Lipinski definition) is 5. The van der Waals surface area contributed by atoms with Crippen LogP contribution in [0.5, 0.6) is 0 Å². The molecule has 5 nitrogen and oxygen atoms in total. The summed E-state index contributed by atoms with van der Waals surface area (Å²) in [6.45, 7) is 1.84. The van der Waals surface area contributed by atoms with E-state index < -0.39 is 10.0 Å². The van der Waals surface area contributed by atoms with E-state index in [1.807, 2.05) is 13.0 Å². The van der Waals surface area contributed by atoms with Gasteiger partial charge in [-0.05, 0) is 38.2 Å². The fourth-order valence-electron chi connectivity index (χ4n) is 1.49. The van der Waals surface area contributed by atoms with Crippen LogP contribution in [0.25, 0.3) is 0 Å². The Bertz CT molecular complexity index is 693. The average Bonchev–Trinajstić information content (AvgIpc) is 2.77. The third-order valence-corrected chi connectivity index (χ3v) is 5.22. The lowest BCUT2D eigenvalue weighted by Gasteiger charge is -2.08. The highest BCUT2D eigenvalue weighted by molar-refractivity contribution is 7.99. The fourth-order valence-corrected chi connectivity index (χ4v) is 3.24. The van der Waals surface area contributed by atoms with Crippen LogP contribution in [0.3, 0.4) is 0 Å². The Morgan fingerprint density at radius 3 is 2.58 bits per heavy atom. The maximum atomic E-state index is 11.8. The Labute approximate surface area is 116 Å². The van der Waals surface area contributed by atoms with Crippen LogP contribution >= 0.6 is 11.8 Å². The summed E-state index contributed by atoms with van der Waals surface area (Å²) in [5.74, 6) is 0.770. The van der Waals surface area contributed by atoms with Gasteiger partial charge in [0.15, 0.2) is 0 Å². The fraction of sp³-hybridized carbons (Fsp3) is 0.167. The minimum atomic E-state index is -3.47. The number of nitrogens with one attached hydrogen (secondary N) is 1. The summed E-state index contributed by atoms with van der Waals surface area (Å²) in [6, 6.07) is 6.44. The van der Waals surface area contributed by atoms with Gasteiger partial charge >= 0.3 is 0 Å². The van der Waals surface area contributed by atoms with Crippen LogP contribution in [0.4, 0.5) is 5.69 Å². The maximum absolute atomic E-state index is 11.8. The third-order valence-electron chi connectivity index (χ3n) is 2.60. The van der Waals surface area contributed by atoms with E-state index in [9.17, 15) is 8.42 Å². The molecule has 2 rings (SSSR count). The maximum Gasteiger partial charge on any atom is 0.240 e. The van der Waals surface area contributed by atoms with E-state index in [-0.39, 0.29) is 4.90 Å². The number of furan rings is 1. The van der Waals surface area contributed by atoms with Crippen LogP contribution in [-0.2, 0) is 10.0 Å². The molecule has 1 heterocycles. The van der Waals surface area contributed by atoms with Gasteiger partial charge in [0, 0.05) is 10.6 Å². The molecule has 0 bridgehead atoms. The molecule has 102 valence electrons. The zero-order valence-corrected chi connectivity index (χ0v) is 12.1. The molecule has 0 amide bonds. The number of sulfonamides is 1. The van der Waals surface area contributed by atoms with Gasteiger partial charge in [-0.25, -0.2) is 13.1 Å². The molecular weight excluding hydrogens is 284 g/mol. The Morgan fingerprint density at radius 1 is 1.26 bits per heavy atom. The molecule has 1 aromatic heterocycles. The summed E-state index contributed by atoms with van der Waals surface area (Å²) in [7, 11) is -2.10. The van der Waals surface area contributed by atoms with Crippen LogP contribution in [0.1, 0.15) is 5.76 Å². The standard InChI is InChI=1S/C12H14N2O3S2/c1-8-11(5-6-17-8)18-12-7-9(3-4-10(12)13)19(15,16)14-2/h3-7,14H,13H2,1-2H3. The predicted octanol–water partition coefficient (Wildman–Crippen LogP) is 2.23. The number of benzene rings is 1. The molecule has 0 aliphatic heterocycles. The van der Waals surface area contributed by atoms with Gasteiger partial charge in [-0.1, -0.05) is 11.8 Å². The number of nitrogens with two attached hydrogens (primary N) is 1. The van der Waals surface area contributed by atoms with E-state index in [2.05, 4.69) is 4.72 Å². The zero-order chi connectivity index (χ0) is 14.0. The molecule has 3 N–H and O–H groups in total. The van der Waals surface area contributed by atoms with Crippen molar-refractivity contribution in [2.75, 3.05) is 12.8 Å². The summed E-state index contributed by atoms with van der Waals surface area (Å²) in [4.78, 5) is 1.78. The van der Waals surface area contributed by atoms with Crippen LogP contribution < -0.4 is 10.5 Å². The largest absolute Gasteiger partial charge is 0.468 e. The van der Waals surface area contributed by atoms with Gasteiger partial charge in [0.2, 0.25) is 10.0 Å². The molecule has 2 aromatic rings. The first-order valence-corrected chi connectivity index (χ1v) is 7.79. The molecule has 0 aliphatic rings. The van der Waals surface area contributed by atoms with E-state index in [1.165, 1.54) is 24.9 Å². The minimum Gasteiger partial charge on any atom is -0.468 e. The van der Waals surface area contributed by atoms with Gasteiger partial charge < -0.3 is 10.2 Å². The molecule has 0 radical (unpaired) electrons. The van der Waals surface area contributed by atoms with Gasteiger partial charge in [-0.15, -0.1) is 0 Å². The molecule has 0 unspecified atom stereocenters.